The van der Waals surface area contributed by atoms with Gasteiger partial charge in [0.05, 0.1) is 24.8 Å². The molecule has 0 amide bonds. The molecule has 1 aromatic carbocycles. The molecule has 2 aromatic rings. The molecule has 0 atom stereocenters. The number of halogens is 3. The van der Waals surface area contributed by atoms with Gasteiger partial charge in [-0.1, -0.05) is 0 Å². The predicted molar refractivity (Wildman–Crippen MR) is 89.1 cm³/mol. The van der Waals surface area contributed by atoms with Crippen LogP contribution in [0.25, 0.3) is 5.69 Å². The van der Waals surface area contributed by atoms with Gasteiger partial charge in [0.1, 0.15) is 5.56 Å². The first-order valence-corrected chi connectivity index (χ1v) is 7.81. The zero-order valence-corrected chi connectivity index (χ0v) is 14.7. The summed E-state index contributed by atoms with van der Waals surface area (Å²) >= 11 is 0. The van der Waals surface area contributed by atoms with E-state index in [1.54, 1.807) is 6.92 Å². The highest BCUT2D eigenvalue weighted by molar-refractivity contribution is 5.95. The van der Waals surface area contributed by atoms with Gasteiger partial charge in [-0.3, -0.25) is 9.36 Å². The van der Waals surface area contributed by atoms with Crippen molar-refractivity contribution in [3.05, 3.63) is 63.1 Å². The van der Waals surface area contributed by atoms with Crippen LogP contribution in [0.2, 0.25) is 0 Å². The number of carbonyl (C=O) groups excluding carboxylic acids is 2. The van der Waals surface area contributed by atoms with Crippen molar-refractivity contribution in [3.8, 4) is 5.69 Å². The van der Waals surface area contributed by atoms with E-state index in [0.29, 0.717) is 0 Å². The van der Waals surface area contributed by atoms with E-state index in [1.165, 1.54) is 6.92 Å². The van der Waals surface area contributed by atoms with Crippen LogP contribution in [0, 0.1) is 6.92 Å². The molecule has 0 aliphatic heterocycles. The molecule has 0 saturated carbocycles. The number of benzene rings is 1. The molecule has 0 radical (unpaired) electrons. The smallest absolute Gasteiger partial charge is 0.416 e. The highest BCUT2D eigenvalue weighted by Crippen LogP contribution is 2.29. The average molecular weight is 383 g/mol. The van der Waals surface area contributed by atoms with Gasteiger partial charge in [-0.15, -0.1) is 0 Å². The number of methoxy groups -OCH3 is 1. The van der Waals surface area contributed by atoms with Crippen LogP contribution in [0.3, 0.4) is 0 Å². The Bertz CT molecular complexity index is 930. The van der Waals surface area contributed by atoms with Crippen molar-refractivity contribution in [2.24, 2.45) is 0 Å². The molecule has 0 spiro atoms. The van der Waals surface area contributed by atoms with Crippen molar-refractivity contribution in [3.63, 3.8) is 0 Å². The fourth-order valence-corrected chi connectivity index (χ4v) is 2.49. The summed E-state index contributed by atoms with van der Waals surface area (Å²) in [5, 5.41) is 0. The topological polar surface area (TPSA) is 74.6 Å². The van der Waals surface area contributed by atoms with Gasteiger partial charge < -0.3 is 9.47 Å². The Morgan fingerprint density at radius 3 is 2.15 bits per heavy atom. The molecule has 0 aliphatic carbocycles. The zero-order chi connectivity index (χ0) is 20.4. The number of carbonyl (C=O) groups is 2. The molecule has 0 unspecified atom stereocenters. The Kier molecular flexibility index (Phi) is 5.72. The first-order valence-electron chi connectivity index (χ1n) is 7.81. The maximum atomic E-state index is 12.8. The van der Waals surface area contributed by atoms with E-state index < -0.39 is 34.8 Å². The third-order valence-corrected chi connectivity index (χ3v) is 3.80. The van der Waals surface area contributed by atoms with E-state index in [1.807, 2.05) is 0 Å². The highest BCUT2D eigenvalue weighted by Gasteiger charge is 2.30. The number of hydrogen-bond donors (Lipinski definition) is 0. The van der Waals surface area contributed by atoms with E-state index in [0.717, 1.165) is 42.0 Å². The van der Waals surface area contributed by atoms with Gasteiger partial charge in [0, 0.05) is 11.4 Å². The molecule has 1 heterocycles. The molecule has 2 rings (SSSR count). The van der Waals surface area contributed by atoms with Gasteiger partial charge in [-0.25, -0.2) is 9.59 Å². The molecular formula is C18H16F3NO5. The van der Waals surface area contributed by atoms with Crippen LogP contribution in [-0.4, -0.2) is 30.2 Å². The van der Waals surface area contributed by atoms with E-state index in [-0.39, 0.29) is 23.6 Å². The standard InChI is InChI=1S/C18H16F3NO5/c1-4-27-17(25)14-9-13(16(24)26-3)10(2)22(15(14)23)12-7-5-11(6-8-12)18(19,20)21/h5-9H,4H2,1-3H3. The molecule has 27 heavy (non-hydrogen) atoms. The number of nitrogens with zero attached hydrogens (tertiary/aromatic N) is 1. The van der Waals surface area contributed by atoms with Gasteiger partial charge in [0.2, 0.25) is 0 Å². The minimum atomic E-state index is -4.54. The fraction of sp³-hybridized carbons (Fsp3) is 0.278. The molecule has 0 bridgehead atoms. The summed E-state index contributed by atoms with van der Waals surface area (Å²) in [5.74, 6) is -1.76. The van der Waals surface area contributed by atoms with Crippen LogP contribution in [-0.2, 0) is 15.7 Å². The summed E-state index contributed by atoms with van der Waals surface area (Å²) < 4.78 is 48.7. The number of aromatic nitrogens is 1. The highest BCUT2D eigenvalue weighted by atomic mass is 19.4. The first kappa shape index (κ1) is 20.2. The fourth-order valence-electron chi connectivity index (χ4n) is 2.49. The van der Waals surface area contributed by atoms with Crippen LogP contribution in [0.1, 0.15) is 38.9 Å². The normalized spacial score (nSPS) is 11.2. The number of pyridine rings is 1. The minimum Gasteiger partial charge on any atom is -0.465 e. The maximum absolute atomic E-state index is 12.8. The van der Waals surface area contributed by atoms with Gasteiger partial charge in [-0.2, -0.15) is 13.2 Å². The van der Waals surface area contributed by atoms with E-state index >= 15 is 0 Å². The van der Waals surface area contributed by atoms with Crippen molar-refractivity contribution in [2.75, 3.05) is 13.7 Å². The van der Waals surface area contributed by atoms with Gasteiger partial charge in [0.25, 0.3) is 5.56 Å². The summed E-state index contributed by atoms with van der Waals surface area (Å²) in [6, 6.07) is 4.81. The Labute approximate surface area is 152 Å². The predicted octanol–water partition coefficient (Wildman–Crippen LogP) is 3.13. The lowest BCUT2D eigenvalue weighted by Gasteiger charge is -2.16. The lowest BCUT2D eigenvalue weighted by molar-refractivity contribution is -0.137. The lowest BCUT2D eigenvalue weighted by Crippen LogP contribution is -2.30. The number of rotatable bonds is 4. The van der Waals surface area contributed by atoms with Crippen LogP contribution in [0.4, 0.5) is 13.2 Å². The number of ether oxygens (including phenoxy) is 2. The third-order valence-electron chi connectivity index (χ3n) is 3.80. The third kappa shape index (κ3) is 4.02. The van der Waals surface area contributed by atoms with Crippen molar-refractivity contribution >= 4 is 11.9 Å². The van der Waals surface area contributed by atoms with Crippen molar-refractivity contribution in [2.45, 2.75) is 20.0 Å². The summed E-state index contributed by atoms with van der Waals surface area (Å²) in [5.41, 5.74) is -2.06. The lowest BCUT2D eigenvalue weighted by atomic mass is 10.1. The number of esters is 2. The van der Waals surface area contributed by atoms with Gasteiger partial charge >= 0.3 is 18.1 Å². The van der Waals surface area contributed by atoms with Crippen LogP contribution < -0.4 is 5.56 Å². The van der Waals surface area contributed by atoms with E-state index in [4.69, 9.17) is 4.74 Å². The molecule has 0 N–H and O–H groups in total. The Morgan fingerprint density at radius 2 is 1.67 bits per heavy atom. The molecule has 144 valence electrons. The zero-order valence-electron chi connectivity index (χ0n) is 14.7. The molecule has 0 aliphatic rings. The minimum absolute atomic E-state index is 0.0000130. The number of hydrogen-bond acceptors (Lipinski definition) is 5. The van der Waals surface area contributed by atoms with Gasteiger partial charge in [-0.05, 0) is 44.2 Å². The Balaban J connectivity index is 2.74. The average Bonchev–Trinajstić information content (AvgIpc) is 2.61. The summed E-state index contributed by atoms with van der Waals surface area (Å²) in [6.07, 6.45) is -4.54. The molecule has 0 fully saturated rings. The Morgan fingerprint density at radius 1 is 1.07 bits per heavy atom. The maximum Gasteiger partial charge on any atom is 0.416 e. The molecule has 0 saturated heterocycles. The first-order chi connectivity index (χ1) is 12.6. The van der Waals surface area contributed by atoms with Crippen molar-refractivity contribution < 1.29 is 32.2 Å². The molecule has 6 nitrogen and oxygen atoms in total. The summed E-state index contributed by atoms with van der Waals surface area (Å²) in [6.45, 7) is 2.96. The second kappa shape index (κ2) is 7.65. The summed E-state index contributed by atoms with van der Waals surface area (Å²) in [4.78, 5) is 36.8. The van der Waals surface area contributed by atoms with Crippen molar-refractivity contribution in [1.29, 1.82) is 0 Å². The largest absolute Gasteiger partial charge is 0.465 e. The molecule has 9 heteroatoms. The van der Waals surface area contributed by atoms with Crippen LogP contribution >= 0.6 is 0 Å². The van der Waals surface area contributed by atoms with Gasteiger partial charge in [0.15, 0.2) is 0 Å². The van der Waals surface area contributed by atoms with Crippen LogP contribution in [0.15, 0.2) is 35.1 Å². The van der Waals surface area contributed by atoms with Crippen molar-refractivity contribution in [1.82, 2.24) is 4.57 Å². The second-order valence-corrected chi connectivity index (χ2v) is 5.45. The van der Waals surface area contributed by atoms with E-state index in [2.05, 4.69) is 4.74 Å². The van der Waals surface area contributed by atoms with Crippen LogP contribution in [0.5, 0.6) is 0 Å². The number of alkyl halides is 3. The molecular weight excluding hydrogens is 367 g/mol. The van der Waals surface area contributed by atoms with E-state index in [9.17, 15) is 27.6 Å². The summed E-state index contributed by atoms with van der Waals surface area (Å²) in [7, 11) is 1.12. The SMILES string of the molecule is CCOC(=O)c1cc(C(=O)OC)c(C)n(-c2ccc(C(F)(F)F)cc2)c1=O. The molecule has 1 aromatic heterocycles. The monoisotopic (exact) mass is 383 g/mol. The quantitative estimate of drug-likeness (QED) is 0.759. The second-order valence-electron chi connectivity index (χ2n) is 5.45. The Hall–Kier alpha value is -3.10.